The fraction of sp³-hybridized carbons (Fsp3) is 0.917. The molecule has 1 fully saturated rings. The highest BCUT2D eigenvalue weighted by Gasteiger charge is 2.24. The molecule has 15 heavy (non-hydrogen) atoms. The summed E-state index contributed by atoms with van der Waals surface area (Å²) in [6.07, 6.45) is 6.37. The van der Waals surface area contributed by atoms with Crippen LogP contribution in [0.1, 0.15) is 45.4 Å². The maximum Gasteiger partial charge on any atom is 0.303 e. The van der Waals surface area contributed by atoms with E-state index >= 15 is 0 Å². The molecule has 0 aliphatic heterocycles. The third-order valence-corrected chi connectivity index (χ3v) is 3.53. The summed E-state index contributed by atoms with van der Waals surface area (Å²) in [6, 6.07) is 0.674. The van der Waals surface area contributed by atoms with Crippen LogP contribution in [0.25, 0.3) is 0 Å². The average molecular weight is 213 g/mol. The maximum atomic E-state index is 10.4. The highest BCUT2D eigenvalue weighted by atomic mass is 16.4. The van der Waals surface area contributed by atoms with Crippen molar-refractivity contribution >= 4 is 5.97 Å². The van der Waals surface area contributed by atoms with Crippen LogP contribution < -0.4 is 0 Å². The van der Waals surface area contributed by atoms with Gasteiger partial charge in [-0.2, -0.15) is 0 Å². The largest absolute Gasteiger partial charge is 0.481 e. The molecule has 1 saturated carbocycles. The van der Waals surface area contributed by atoms with Crippen molar-refractivity contribution in [1.82, 2.24) is 4.90 Å². The Labute approximate surface area is 92.5 Å². The topological polar surface area (TPSA) is 40.5 Å². The summed E-state index contributed by atoms with van der Waals surface area (Å²) in [4.78, 5) is 12.8. The third-order valence-electron chi connectivity index (χ3n) is 3.53. The zero-order chi connectivity index (χ0) is 11.3. The Morgan fingerprint density at radius 3 is 2.67 bits per heavy atom. The second kappa shape index (κ2) is 6.11. The zero-order valence-electron chi connectivity index (χ0n) is 9.91. The van der Waals surface area contributed by atoms with Gasteiger partial charge in [0.25, 0.3) is 0 Å². The van der Waals surface area contributed by atoms with Crippen molar-refractivity contribution in [3.05, 3.63) is 0 Å². The van der Waals surface area contributed by atoms with Crippen LogP contribution in [0.2, 0.25) is 0 Å². The summed E-state index contributed by atoms with van der Waals surface area (Å²) in [6.45, 7) is 3.23. The number of nitrogens with zero attached hydrogens (tertiary/aromatic N) is 1. The molecule has 0 spiro atoms. The van der Waals surface area contributed by atoms with E-state index in [2.05, 4.69) is 18.9 Å². The van der Waals surface area contributed by atoms with Crippen LogP contribution in [-0.4, -0.2) is 35.6 Å². The Bertz CT molecular complexity index is 206. The van der Waals surface area contributed by atoms with E-state index in [1.807, 2.05) is 0 Å². The van der Waals surface area contributed by atoms with Gasteiger partial charge >= 0.3 is 5.97 Å². The maximum absolute atomic E-state index is 10.4. The Balaban J connectivity index is 2.25. The highest BCUT2D eigenvalue weighted by molar-refractivity contribution is 5.66. The van der Waals surface area contributed by atoms with Crippen molar-refractivity contribution in [2.45, 2.75) is 51.5 Å². The van der Waals surface area contributed by atoms with Crippen molar-refractivity contribution < 1.29 is 9.90 Å². The molecule has 3 heteroatoms. The van der Waals surface area contributed by atoms with Crippen LogP contribution in [0.5, 0.6) is 0 Å². The monoisotopic (exact) mass is 213 g/mol. The van der Waals surface area contributed by atoms with E-state index in [-0.39, 0.29) is 0 Å². The molecule has 1 rings (SSSR count). The van der Waals surface area contributed by atoms with Gasteiger partial charge in [-0.25, -0.2) is 0 Å². The Morgan fingerprint density at radius 1 is 1.40 bits per heavy atom. The van der Waals surface area contributed by atoms with Crippen molar-refractivity contribution in [2.75, 3.05) is 13.6 Å². The van der Waals surface area contributed by atoms with Gasteiger partial charge in [-0.1, -0.05) is 19.8 Å². The van der Waals surface area contributed by atoms with Gasteiger partial charge in [0.2, 0.25) is 0 Å². The summed E-state index contributed by atoms with van der Waals surface area (Å²) in [5, 5.41) is 8.57. The molecule has 1 N–H and O–H groups in total. The van der Waals surface area contributed by atoms with Crippen LogP contribution in [0.4, 0.5) is 0 Å². The van der Waals surface area contributed by atoms with Gasteiger partial charge in [0.05, 0.1) is 0 Å². The Kier molecular flexibility index (Phi) is 5.09. The lowest BCUT2D eigenvalue weighted by Crippen LogP contribution is -2.39. The molecule has 2 unspecified atom stereocenters. The summed E-state index contributed by atoms with van der Waals surface area (Å²) in [5.41, 5.74) is 0. The van der Waals surface area contributed by atoms with E-state index in [1.165, 1.54) is 25.7 Å². The van der Waals surface area contributed by atoms with E-state index < -0.39 is 5.97 Å². The lowest BCUT2D eigenvalue weighted by molar-refractivity contribution is -0.137. The van der Waals surface area contributed by atoms with Gasteiger partial charge in [0.15, 0.2) is 0 Å². The Hall–Kier alpha value is -0.570. The van der Waals surface area contributed by atoms with Gasteiger partial charge in [-0.15, -0.1) is 0 Å². The lowest BCUT2D eigenvalue weighted by atomic mass is 9.85. The predicted octanol–water partition coefficient (Wildman–Crippen LogP) is 2.36. The summed E-state index contributed by atoms with van der Waals surface area (Å²) in [7, 11) is 2.13. The zero-order valence-corrected chi connectivity index (χ0v) is 9.91. The first-order chi connectivity index (χ1) is 7.11. The molecule has 0 saturated heterocycles. The van der Waals surface area contributed by atoms with Crippen LogP contribution in [-0.2, 0) is 4.79 Å². The minimum absolute atomic E-state index is 0.297. The van der Waals surface area contributed by atoms with Crippen molar-refractivity contribution in [2.24, 2.45) is 5.92 Å². The van der Waals surface area contributed by atoms with Crippen LogP contribution in [0.15, 0.2) is 0 Å². The number of carboxylic acid groups (broad SMARTS) is 1. The van der Waals surface area contributed by atoms with E-state index in [9.17, 15) is 4.79 Å². The first-order valence-electron chi connectivity index (χ1n) is 6.03. The summed E-state index contributed by atoms with van der Waals surface area (Å²) in [5.74, 6) is 0.0914. The number of hydrogen-bond acceptors (Lipinski definition) is 2. The first-order valence-corrected chi connectivity index (χ1v) is 6.03. The molecule has 0 radical (unpaired) electrons. The van der Waals surface area contributed by atoms with Crippen LogP contribution in [0.3, 0.4) is 0 Å². The molecule has 0 heterocycles. The predicted molar refractivity (Wildman–Crippen MR) is 60.9 cm³/mol. The van der Waals surface area contributed by atoms with Crippen LogP contribution >= 0.6 is 0 Å². The molecule has 0 bridgehead atoms. The molecule has 0 aromatic rings. The molecule has 0 aromatic heterocycles. The van der Waals surface area contributed by atoms with Gasteiger partial charge in [-0.3, -0.25) is 4.79 Å². The van der Waals surface area contributed by atoms with Gasteiger partial charge < -0.3 is 10.0 Å². The summed E-state index contributed by atoms with van der Waals surface area (Å²) < 4.78 is 0. The standard InChI is InChI=1S/C12H23NO2/c1-10-6-3-4-7-11(10)13(2)9-5-8-12(14)15/h10-11H,3-9H2,1-2H3,(H,14,15). The molecular formula is C12H23NO2. The number of hydrogen-bond donors (Lipinski definition) is 1. The average Bonchev–Trinajstić information content (AvgIpc) is 2.17. The lowest BCUT2D eigenvalue weighted by Gasteiger charge is -2.36. The van der Waals surface area contributed by atoms with Crippen LogP contribution in [0, 0.1) is 5.92 Å². The number of carbonyl (C=O) groups is 1. The fourth-order valence-electron chi connectivity index (χ4n) is 2.60. The van der Waals surface area contributed by atoms with Crippen molar-refractivity contribution in [1.29, 1.82) is 0 Å². The van der Waals surface area contributed by atoms with E-state index in [4.69, 9.17) is 5.11 Å². The smallest absolute Gasteiger partial charge is 0.303 e. The molecule has 3 nitrogen and oxygen atoms in total. The van der Waals surface area contributed by atoms with Crippen molar-refractivity contribution in [3.8, 4) is 0 Å². The van der Waals surface area contributed by atoms with E-state index in [0.29, 0.717) is 12.5 Å². The van der Waals surface area contributed by atoms with E-state index in [0.717, 1.165) is 18.9 Å². The number of carboxylic acids is 1. The number of rotatable bonds is 5. The molecule has 1 aliphatic carbocycles. The minimum Gasteiger partial charge on any atom is -0.481 e. The molecule has 88 valence electrons. The molecular weight excluding hydrogens is 190 g/mol. The third kappa shape index (κ3) is 4.20. The van der Waals surface area contributed by atoms with E-state index in [1.54, 1.807) is 0 Å². The molecule has 2 atom stereocenters. The summed E-state index contributed by atoms with van der Waals surface area (Å²) >= 11 is 0. The normalized spacial score (nSPS) is 26.9. The SMILES string of the molecule is CC1CCCCC1N(C)CCCC(=O)O. The Morgan fingerprint density at radius 2 is 2.07 bits per heavy atom. The molecule has 0 aromatic carbocycles. The fourth-order valence-corrected chi connectivity index (χ4v) is 2.60. The minimum atomic E-state index is -0.680. The second-order valence-corrected chi connectivity index (χ2v) is 4.81. The van der Waals surface area contributed by atoms with Gasteiger partial charge in [0.1, 0.15) is 0 Å². The number of aliphatic carboxylic acids is 1. The highest BCUT2D eigenvalue weighted by Crippen LogP contribution is 2.27. The second-order valence-electron chi connectivity index (χ2n) is 4.81. The van der Waals surface area contributed by atoms with Gasteiger partial charge in [-0.05, 0) is 38.8 Å². The quantitative estimate of drug-likeness (QED) is 0.762. The molecule has 1 aliphatic rings. The van der Waals surface area contributed by atoms with Crippen molar-refractivity contribution in [3.63, 3.8) is 0 Å². The van der Waals surface area contributed by atoms with Gasteiger partial charge in [0, 0.05) is 12.5 Å². The molecule has 0 amide bonds. The first kappa shape index (κ1) is 12.5.